The number of hydrogen-bond donors (Lipinski definition) is 2. The number of carboxylic acids is 1. The Morgan fingerprint density at radius 1 is 1.09 bits per heavy atom. The number of nitrogens with one attached hydrogen (secondary N) is 1. The molecule has 33 heavy (non-hydrogen) atoms. The summed E-state index contributed by atoms with van der Waals surface area (Å²) in [6.07, 6.45) is 1.60. The van der Waals surface area contributed by atoms with Gasteiger partial charge < -0.3 is 20.1 Å². The lowest BCUT2D eigenvalue weighted by atomic mass is 9.98. The molecule has 2 atom stereocenters. The standard InChI is InChI=1S/C26H30N2O5/c1-2-17(14-24(29)28-13-7-12-23(28)25(30)31)15-27-26(32)33-16-22-20-10-5-3-8-18(20)19-9-4-6-11-21(19)22/h3-6,8-11,17,22-23H,2,7,12-16H2,1H3,(H,27,32)(H,30,31)/t17?,23-/m1/s1. The first kappa shape index (κ1) is 22.8. The maximum atomic E-state index is 12.6. The largest absolute Gasteiger partial charge is 0.480 e. The number of amides is 2. The highest BCUT2D eigenvalue weighted by Crippen LogP contribution is 2.44. The quantitative estimate of drug-likeness (QED) is 0.633. The van der Waals surface area contributed by atoms with Crippen molar-refractivity contribution in [1.29, 1.82) is 0 Å². The number of rotatable bonds is 8. The SMILES string of the molecule is CCC(CNC(=O)OCC1c2ccccc2-c2ccccc21)CC(=O)N1CCC[C@@H]1C(=O)O. The fourth-order valence-corrected chi connectivity index (χ4v) is 4.92. The second-order valence-electron chi connectivity index (χ2n) is 8.77. The van der Waals surface area contributed by atoms with E-state index in [0.717, 1.165) is 11.1 Å². The summed E-state index contributed by atoms with van der Waals surface area (Å²) in [7, 11) is 0. The second-order valence-corrected chi connectivity index (χ2v) is 8.77. The zero-order valence-electron chi connectivity index (χ0n) is 18.8. The van der Waals surface area contributed by atoms with E-state index in [1.165, 1.54) is 16.0 Å². The fourth-order valence-electron chi connectivity index (χ4n) is 4.92. The smallest absolute Gasteiger partial charge is 0.407 e. The highest BCUT2D eigenvalue weighted by Gasteiger charge is 2.34. The molecule has 7 nitrogen and oxygen atoms in total. The van der Waals surface area contributed by atoms with Gasteiger partial charge in [0.2, 0.25) is 5.91 Å². The molecule has 2 aromatic rings. The minimum Gasteiger partial charge on any atom is -0.480 e. The number of hydrogen-bond acceptors (Lipinski definition) is 4. The summed E-state index contributed by atoms with van der Waals surface area (Å²) >= 11 is 0. The Balaban J connectivity index is 1.29. The van der Waals surface area contributed by atoms with E-state index in [9.17, 15) is 19.5 Å². The van der Waals surface area contributed by atoms with Crippen molar-refractivity contribution in [3.63, 3.8) is 0 Å². The first-order valence-electron chi connectivity index (χ1n) is 11.6. The topological polar surface area (TPSA) is 95.9 Å². The van der Waals surface area contributed by atoms with Crippen LogP contribution in [0, 0.1) is 5.92 Å². The van der Waals surface area contributed by atoms with Gasteiger partial charge in [0, 0.05) is 25.4 Å². The Labute approximate surface area is 193 Å². The Morgan fingerprint density at radius 3 is 2.33 bits per heavy atom. The van der Waals surface area contributed by atoms with Gasteiger partial charge in [0.1, 0.15) is 12.6 Å². The molecule has 1 heterocycles. The van der Waals surface area contributed by atoms with Crippen LogP contribution in [0.5, 0.6) is 0 Å². The van der Waals surface area contributed by atoms with Crippen LogP contribution in [-0.2, 0) is 14.3 Å². The summed E-state index contributed by atoms with van der Waals surface area (Å²) in [5.41, 5.74) is 4.66. The third kappa shape index (κ3) is 4.87. The van der Waals surface area contributed by atoms with E-state index < -0.39 is 18.1 Å². The van der Waals surface area contributed by atoms with Crippen LogP contribution in [0.4, 0.5) is 4.79 Å². The van der Waals surface area contributed by atoms with Crippen molar-refractivity contribution in [3.05, 3.63) is 59.7 Å². The molecule has 174 valence electrons. The lowest BCUT2D eigenvalue weighted by Crippen LogP contribution is -2.42. The second kappa shape index (κ2) is 10.1. The van der Waals surface area contributed by atoms with Crippen LogP contribution in [0.15, 0.2) is 48.5 Å². The summed E-state index contributed by atoms with van der Waals surface area (Å²) in [4.78, 5) is 37.9. The van der Waals surface area contributed by atoms with Crippen LogP contribution < -0.4 is 5.32 Å². The van der Waals surface area contributed by atoms with Crippen molar-refractivity contribution in [2.45, 2.75) is 44.6 Å². The maximum Gasteiger partial charge on any atom is 0.407 e. The van der Waals surface area contributed by atoms with Gasteiger partial charge in [-0.1, -0.05) is 61.9 Å². The minimum atomic E-state index is -0.953. The molecule has 1 aliphatic heterocycles. The monoisotopic (exact) mass is 450 g/mol. The van der Waals surface area contributed by atoms with Crippen LogP contribution in [0.1, 0.15) is 49.7 Å². The fraction of sp³-hybridized carbons (Fsp3) is 0.423. The van der Waals surface area contributed by atoms with Gasteiger partial charge in [0.25, 0.3) is 0 Å². The summed E-state index contributed by atoms with van der Waals surface area (Å²) < 4.78 is 5.56. The number of aliphatic carboxylic acids is 1. The van der Waals surface area contributed by atoms with Gasteiger partial charge in [-0.3, -0.25) is 4.79 Å². The van der Waals surface area contributed by atoms with Gasteiger partial charge in [-0.25, -0.2) is 9.59 Å². The number of carboxylic acid groups (broad SMARTS) is 1. The van der Waals surface area contributed by atoms with E-state index in [-0.39, 0.29) is 30.8 Å². The average molecular weight is 451 g/mol. The van der Waals surface area contributed by atoms with Crippen molar-refractivity contribution in [2.24, 2.45) is 5.92 Å². The number of likely N-dealkylation sites (tertiary alicyclic amines) is 1. The summed E-state index contributed by atoms with van der Waals surface area (Å²) in [6, 6.07) is 15.6. The van der Waals surface area contributed by atoms with E-state index in [2.05, 4.69) is 29.6 Å². The third-order valence-electron chi connectivity index (χ3n) is 6.78. The summed E-state index contributed by atoms with van der Waals surface area (Å²) in [5.74, 6) is -1.20. The van der Waals surface area contributed by atoms with Crippen molar-refractivity contribution in [3.8, 4) is 11.1 Å². The van der Waals surface area contributed by atoms with Gasteiger partial charge in [-0.05, 0) is 41.0 Å². The molecule has 1 saturated heterocycles. The van der Waals surface area contributed by atoms with Crippen LogP contribution in [-0.4, -0.2) is 53.7 Å². The molecule has 0 spiro atoms. The van der Waals surface area contributed by atoms with Gasteiger partial charge >= 0.3 is 12.1 Å². The minimum absolute atomic E-state index is 0.00480. The zero-order valence-corrected chi connectivity index (χ0v) is 18.8. The number of carbonyl (C=O) groups excluding carboxylic acids is 2. The Kier molecular flexibility index (Phi) is 6.96. The average Bonchev–Trinajstić information content (AvgIpc) is 3.44. The van der Waals surface area contributed by atoms with E-state index in [1.807, 2.05) is 31.2 Å². The lowest BCUT2D eigenvalue weighted by Gasteiger charge is -2.24. The number of carbonyl (C=O) groups is 3. The van der Waals surface area contributed by atoms with Gasteiger partial charge in [-0.15, -0.1) is 0 Å². The van der Waals surface area contributed by atoms with Gasteiger partial charge in [-0.2, -0.15) is 0 Å². The molecule has 1 unspecified atom stereocenters. The van der Waals surface area contributed by atoms with Gasteiger partial charge in [0.15, 0.2) is 0 Å². The molecule has 4 rings (SSSR count). The third-order valence-corrected chi connectivity index (χ3v) is 6.78. The molecule has 2 aliphatic rings. The predicted molar refractivity (Wildman–Crippen MR) is 124 cm³/mol. The van der Waals surface area contributed by atoms with Crippen molar-refractivity contribution < 1.29 is 24.2 Å². The first-order valence-corrected chi connectivity index (χ1v) is 11.6. The molecule has 2 aromatic carbocycles. The molecule has 0 bridgehead atoms. The van der Waals surface area contributed by atoms with E-state index in [0.29, 0.717) is 32.4 Å². The van der Waals surface area contributed by atoms with Crippen LogP contribution >= 0.6 is 0 Å². The van der Waals surface area contributed by atoms with E-state index in [4.69, 9.17) is 4.74 Å². The van der Waals surface area contributed by atoms with Crippen molar-refractivity contribution >= 4 is 18.0 Å². The summed E-state index contributed by atoms with van der Waals surface area (Å²) in [6.45, 7) is 2.98. The number of alkyl carbamates (subject to hydrolysis) is 1. The Hall–Kier alpha value is -3.35. The maximum absolute atomic E-state index is 12.6. The summed E-state index contributed by atoms with van der Waals surface area (Å²) in [5, 5.41) is 12.1. The Morgan fingerprint density at radius 2 is 1.73 bits per heavy atom. The molecule has 2 N–H and O–H groups in total. The van der Waals surface area contributed by atoms with Crippen LogP contribution in [0.3, 0.4) is 0 Å². The molecule has 1 fully saturated rings. The molecule has 0 radical (unpaired) electrons. The molecule has 1 aliphatic carbocycles. The lowest BCUT2D eigenvalue weighted by molar-refractivity contribution is -0.148. The zero-order chi connectivity index (χ0) is 23.4. The Bertz CT molecular complexity index is 991. The molecule has 0 aromatic heterocycles. The first-order chi connectivity index (χ1) is 16.0. The van der Waals surface area contributed by atoms with Crippen LogP contribution in [0.2, 0.25) is 0 Å². The molecule has 0 saturated carbocycles. The molecule has 2 amide bonds. The number of benzene rings is 2. The van der Waals surface area contributed by atoms with Crippen LogP contribution in [0.25, 0.3) is 11.1 Å². The highest BCUT2D eigenvalue weighted by molar-refractivity contribution is 5.84. The van der Waals surface area contributed by atoms with Crippen molar-refractivity contribution in [1.82, 2.24) is 10.2 Å². The molecule has 7 heteroatoms. The number of ether oxygens (including phenoxy) is 1. The van der Waals surface area contributed by atoms with Crippen molar-refractivity contribution in [2.75, 3.05) is 19.7 Å². The predicted octanol–water partition coefficient (Wildman–Crippen LogP) is 4.02. The number of nitrogens with zero attached hydrogens (tertiary/aromatic N) is 1. The molecular weight excluding hydrogens is 420 g/mol. The van der Waals surface area contributed by atoms with E-state index in [1.54, 1.807) is 0 Å². The normalized spacial score (nSPS) is 17.8. The van der Waals surface area contributed by atoms with E-state index >= 15 is 0 Å². The highest BCUT2D eigenvalue weighted by atomic mass is 16.5. The number of fused-ring (bicyclic) bond motifs is 3. The van der Waals surface area contributed by atoms with Gasteiger partial charge in [0.05, 0.1) is 0 Å². The molecular formula is C26H30N2O5.